The molecule has 5 nitrogen and oxygen atoms in total. The number of nitrogens with one attached hydrogen (secondary N) is 1. The van der Waals surface area contributed by atoms with Gasteiger partial charge >= 0.3 is 0 Å². The number of hydrogen-bond donors (Lipinski definition) is 1. The van der Waals surface area contributed by atoms with Crippen molar-refractivity contribution in [2.24, 2.45) is 5.92 Å². The van der Waals surface area contributed by atoms with Crippen molar-refractivity contribution in [2.45, 2.75) is 30.2 Å². The minimum Gasteiger partial charge on any atom is -0.338 e. The molecule has 1 saturated carbocycles. The summed E-state index contributed by atoms with van der Waals surface area (Å²) in [5, 5.41) is 4.15. The van der Waals surface area contributed by atoms with Crippen molar-refractivity contribution in [3.05, 3.63) is 78.1 Å². The number of fused-ring (bicyclic) bond motifs is 1. The Kier molecular flexibility index (Phi) is 4.86. The molecule has 1 N–H and O–H groups in total. The van der Waals surface area contributed by atoms with Gasteiger partial charge in [-0.2, -0.15) is 0 Å². The molecule has 4 aromatic rings. The third kappa shape index (κ3) is 4.07. The van der Waals surface area contributed by atoms with Crippen LogP contribution in [0, 0.1) is 5.92 Å². The Bertz CT molecular complexity index is 1150. The summed E-state index contributed by atoms with van der Waals surface area (Å²) >= 11 is 1.60. The van der Waals surface area contributed by atoms with Crippen molar-refractivity contribution in [3.63, 3.8) is 0 Å². The van der Waals surface area contributed by atoms with Gasteiger partial charge in [0, 0.05) is 23.8 Å². The number of benzene rings is 2. The smallest absolute Gasteiger partial charge is 0.192 e. The molecule has 1 aliphatic carbocycles. The fraction of sp³-hybridized carbons (Fsp3) is 0.217. The van der Waals surface area contributed by atoms with Crippen LogP contribution >= 0.6 is 11.8 Å². The van der Waals surface area contributed by atoms with Gasteiger partial charge in [0.05, 0.1) is 0 Å². The Labute approximate surface area is 174 Å². The van der Waals surface area contributed by atoms with Crippen molar-refractivity contribution < 1.29 is 0 Å². The molecule has 0 bridgehead atoms. The highest BCUT2D eigenvalue weighted by molar-refractivity contribution is 7.98. The highest BCUT2D eigenvalue weighted by atomic mass is 32.2. The van der Waals surface area contributed by atoms with E-state index in [-0.39, 0.29) is 0 Å². The van der Waals surface area contributed by atoms with Gasteiger partial charge in [0.2, 0.25) is 0 Å². The van der Waals surface area contributed by atoms with Crippen molar-refractivity contribution >= 4 is 34.4 Å². The molecule has 1 aliphatic rings. The van der Waals surface area contributed by atoms with Crippen LogP contribution in [0.5, 0.6) is 0 Å². The van der Waals surface area contributed by atoms with Gasteiger partial charge in [0.15, 0.2) is 22.1 Å². The van der Waals surface area contributed by atoms with Crippen LogP contribution in [0.1, 0.15) is 30.4 Å². The van der Waals surface area contributed by atoms with Gasteiger partial charge in [-0.25, -0.2) is 19.9 Å². The zero-order valence-electron chi connectivity index (χ0n) is 16.1. The molecule has 144 valence electrons. The summed E-state index contributed by atoms with van der Waals surface area (Å²) in [7, 11) is 0. The fourth-order valence-electron chi connectivity index (χ4n) is 3.49. The number of hydrogen-bond acceptors (Lipinski definition) is 6. The molecule has 0 spiro atoms. The molecule has 2 heterocycles. The van der Waals surface area contributed by atoms with Crippen LogP contribution in [0.25, 0.3) is 11.2 Å². The van der Waals surface area contributed by atoms with Crippen LogP contribution in [0.3, 0.4) is 0 Å². The van der Waals surface area contributed by atoms with Gasteiger partial charge in [-0.1, -0.05) is 61.2 Å². The van der Waals surface area contributed by atoms with Crippen molar-refractivity contribution in [2.75, 3.05) is 5.32 Å². The van der Waals surface area contributed by atoms with Crippen LogP contribution in [0.4, 0.5) is 11.5 Å². The molecule has 29 heavy (non-hydrogen) atoms. The molecule has 2 atom stereocenters. The average Bonchev–Trinajstić information content (AvgIpc) is 3.50. The highest BCUT2D eigenvalue weighted by Crippen LogP contribution is 2.47. The first-order chi connectivity index (χ1) is 14.3. The van der Waals surface area contributed by atoms with Crippen LogP contribution in [-0.2, 0) is 5.75 Å². The van der Waals surface area contributed by atoms with E-state index in [2.05, 4.69) is 63.6 Å². The number of thioether (sulfide) groups is 1. The molecule has 2 aromatic carbocycles. The lowest BCUT2D eigenvalue weighted by Crippen LogP contribution is -2.01. The maximum absolute atomic E-state index is 4.75. The Morgan fingerprint density at radius 1 is 1.00 bits per heavy atom. The second-order valence-corrected chi connectivity index (χ2v) is 8.37. The Balaban J connectivity index is 1.44. The number of anilines is 2. The van der Waals surface area contributed by atoms with E-state index in [9.17, 15) is 0 Å². The second-order valence-electron chi connectivity index (χ2n) is 7.43. The maximum atomic E-state index is 4.75. The van der Waals surface area contributed by atoms with E-state index in [1.54, 1.807) is 24.2 Å². The van der Waals surface area contributed by atoms with Gasteiger partial charge in [0.1, 0.15) is 0 Å². The Morgan fingerprint density at radius 3 is 2.66 bits per heavy atom. The summed E-state index contributed by atoms with van der Waals surface area (Å²) in [6.45, 7) is 2.30. The predicted octanol–water partition coefficient (Wildman–Crippen LogP) is 5.58. The highest BCUT2D eigenvalue weighted by Gasteiger charge is 2.33. The number of rotatable bonds is 6. The second kappa shape index (κ2) is 7.79. The van der Waals surface area contributed by atoms with Gasteiger partial charge in [0.25, 0.3) is 0 Å². The largest absolute Gasteiger partial charge is 0.338 e. The molecule has 2 aromatic heterocycles. The van der Waals surface area contributed by atoms with Crippen LogP contribution in [0.2, 0.25) is 0 Å². The molecule has 6 heteroatoms. The summed E-state index contributed by atoms with van der Waals surface area (Å²) < 4.78 is 0. The zero-order chi connectivity index (χ0) is 19.6. The van der Waals surface area contributed by atoms with E-state index in [0.717, 1.165) is 17.4 Å². The molecule has 2 unspecified atom stereocenters. The summed E-state index contributed by atoms with van der Waals surface area (Å²) in [5.41, 5.74) is 4.92. The van der Waals surface area contributed by atoms with Gasteiger partial charge in [-0.05, 0) is 41.5 Å². The first kappa shape index (κ1) is 18.1. The molecule has 0 saturated heterocycles. The number of aromatic nitrogens is 4. The van der Waals surface area contributed by atoms with E-state index < -0.39 is 0 Å². The molecular formula is C23H21N5S. The van der Waals surface area contributed by atoms with Gasteiger partial charge in [-0.3, -0.25) is 0 Å². The quantitative estimate of drug-likeness (QED) is 0.337. The van der Waals surface area contributed by atoms with Gasteiger partial charge in [-0.15, -0.1) is 0 Å². The lowest BCUT2D eigenvalue weighted by Gasteiger charge is -2.11. The normalized spacial score (nSPS) is 18.0. The third-order valence-electron chi connectivity index (χ3n) is 5.21. The Morgan fingerprint density at radius 2 is 1.83 bits per heavy atom. The zero-order valence-corrected chi connectivity index (χ0v) is 16.9. The van der Waals surface area contributed by atoms with E-state index in [1.807, 2.05) is 18.2 Å². The molecule has 1 fully saturated rings. The van der Waals surface area contributed by atoms with Crippen LogP contribution in [0.15, 0.2) is 72.1 Å². The SMILES string of the molecule is CC1CC1c1cccc(Nc2nc(SCc3ccccc3)nc3nccnc23)c1. The first-order valence-corrected chi connectivity index (χ1v) is 10.8. The minimum atomic E-state index is 0.604. The molecule has 0 amide bonds. The topological polar surface area (TPSA) is 63.6 Å². The standard InChI is InChI=1S/C23H21N5S/c1-15-12-19(15)17-8-5-9-18(13-17)26-22-20-21(25-11-10-24-20)27-23(28-22)29-14-16-6-3-2-4-7-16/h2-11,13,15,19H,12,14H2,1H3,(H,25,26,27,28). The van der Waals surface area contributed by atoms with Crippen molar-refractivity contribution in [1.29, 1.82) is 0 Å². The fourth-order valence-corrected chi connectivity index (χ4v) is 4.28. The van der Waals surface area contributed by atoms with E-state index in [1.165, 1.54) is 17.5 Å². The average molecular weight is 400 g/mol. The maximum Gasteiger partial charge on any atom is 0.192 e. The molecule has 5 rings (SSSR count). The molecular weight excluding hydrogens is 378 g/mol. The minimum absolute atomic E-state index is 0.604. The van der Waals surface area contributed by atoms with E-state index >= 15 is 0 Å². The summed E-state index contributed by atoms with van der Waals surface area (Å²) in [6.07, 6.45) is 4.61. The first-order valence-electron chi connectivity index (χ1n) is 9.79. The number of nitrogens with zero attached hydrogens (tertiary/aromatic N) is 4. The van der Waals surface area contributed by atoms with E-state index in [0.29, 0.717) is 28.1 Å². The van der Waals surface area contributed by atoms with Crippen LogP contribution < -0.4 is 5.32 Å². The molecule has 0 radical (unpaired) electrons. The summed E-state index contributed by atoms with van der Waals surface area (Å²) in [4.78, 5) is 18.2. The predicted molar refractivity (Wildman–Crippen MR) is 117 cm³/mol. The summed E-state index contributed by atoms with van der Waals surface area (Å²) in [6, 6.07) is 18.9. The lowest BCUT2D eigenvalue weighted by molar-refractivity contribution is 0.915. The van der Waals surface area contributed by atoms with Crippen molar-refractivity contribution in [3.8, 4) is 0 Å². The van der Waals surface area contributed by atoms with Crippen LogP contribution in [-0.4, -0.2) is 19.9 Å². The third-order valence-corrected chi connectivity index (χ3v) is 6.13. The van der Waals surface area contributed by atoms with Gasteiger partial charge < -0.3 is 5.32 Å². The molecule has 0 aliphatic heterocycles. The Hall–Kier alpha value is -2.99. The summed E-state index contributed by atoms with van der Waals surface area (Å²) in [5.74, 6) is 2.95. The van der Waals surface area contributed by atoms with Crippen molar-refractivity contribution in [1.82, 2.24) is 19.9 Å². The monoisotopic (exact) mass is 399 g/mol. The van der Waals surface area contributed by atoms with E-state index in [4.69, 9.17) is 4.98 Å². The lowest BCUT2D eigenvalue weighted by atomic mass is 10.1.